The van der Waals surface area contributed by atoms with Crippen molar-refractivity contribution in [1.82, 2.24) is 5.32 Å². The van der Waals surface area contributed by atoms with Crippen molar-refractivity contribution >= 4 is 33.2 Å². The molecular formula is C18H25ClN2O4S. The summed E-state index contributed by atoms with van der Waals surface area (Å²) in [6, 6.07) is 4.61. The van der Waals surface area contributed by atoms with Crippen LogP contribution in [0.5, 0.6) is 5.75 Å². The predicted molar refractivity (Wildman–Crippen MR) is 104 cm³/mol. The zero-order chi connectivity index (χ0) is 19.2. The van der Waals surface area contributed by atoms with Crippen LogP contribution in [0.4, 0.5) is 5.69 Å². The first kappa shape index (κ1) is 20.6. The molecule has 0 heterocycles. The summed E-state index contributed by atoms with van der Waals surface area (Å²) in [7, 11) is -2.16. The third-order valence-electron chi connectivity index (χ3n) is 4.26. The number of benzene rings is 1. The van der Waals surface area contributed by atoms with Crippen LogP contribution < -0.4 is 14.4 Å². The lowest BCUT2D eigenvalue weighted by Gasteiger charge is -2.22. The summed E-state index contributed by atoms with van der Waals surface area (Å²) >= 11 is 6.08. The fourth-order valence-corrected chi connectivity index (χ4v) is 3.99. The Kier molecular flexibility index (Phi) is 7.34. The summed E-state index contributed by atoms with van der Waals surface area (Å²) in [5.74, 6) is 0.0906. The lowest BCUT2D eigenvalue weighted by Crippen LogP contribution is -2.40. The lowest BCUT2D eigenvalue weighted by atomic mass is 9.97. The minimum Gasteiger partial charge on any atom is -0.495 e. The highest BCUT2D eigenvalue weighted by atomic mass is 35.5. The number of allylic oxidation sites excluding steroid dienone is 1. The fourth-order valence-electron chi connectivity index (χ4n) is 2.89. The molecular weight excluding hydrogens is 376 g/mol. The average molecular weight is 401 g/mol. The van der Waals surface area contributed by atoms with Crippen molar-refractivity contribution in [3.63, 3.8) is 0 Å². The second kappa shape index (κ2) is 9.28. The second-order valence-corrected chi connectivity index (χ2v) is 8.61. The summed E-state index contributed by atoms with van der Waals surface area (Å²) in [5, 5.41) is 3.08. The van der Waals surface area contributed by atoms with Crippen molar-refractivity contribution < 1.29 is 17.9 Å². The van der Waals surface area contributed by atoms with Crippen LogP contribution in [0.1, 0.15) is 32.1 Å². The Balaban J connectivity index is 2.00. The minimum absolute atomic E-state index is 0.281. The van der Waals surface area contributed by atoms with Crippen molar-refractivity contribution in [1.29, 1.82) is 0 Å². The van der Waals surface area contributed by atoms with Crippen molar-refractivity contribution in [3.05, 3.63) is 34.9 Å². The van der Waals surface area contributed by atoms with E-state index in [2.05, 4.69) is 11.4 Å². The van der Waals surface area contributed by atoms with Gasteiger partial charge in [0, 0.05) is 6.54 Å². The third kappa shape index (κ3) is 5.92. The first-order valence-electron chi connectivity index (χ1n) is 8.57. The van der Waals surface area contributed by atoms with Crippen LogP contribution in [0.3, 0.4) is 0 Å². The largest absolute Gasteiger partial charge is 0.495 e. The van der Waals surface area contributed by atoms with Gasteiger partial charge in [0.25, 0.3) is 0 Å². The van der Waals surface area contributed by atoms with Gasteiger partial charge in [0.2, 0.25) is 15.9 Å². The molecule has 0 aromatic heterocycles. The number of carbonyl (C=O) groups excluding carboxylic acids is 1. The monoisotopic (exact) mass is 400 g/mol. The summed E-state index contributed by atoms with van der Waals surface area (Å²) in [4.78, 5) is 12.2. The zero-order valence-corrected chi connectivity index (χ0v) is 16.7. The smallest absolute Gasteiger partial charge is 0.240 e. The number of sulfonamides is 1. The highest BCUT2D eigenvalue weighted by molar-refractivity contribution is 7.92. The zero-order valence-electron chi connectivity index (χ0n) is 15.1. The molecule has 0 radical (unpaired) electrons. The van der Waals surface area contributed by atoms with Gasteiger partial charge in [0.1, 0.15) is 12.3 Å². The second-order valence-electron chi connectivity index (χ2n) is 6.30. The maximum Gasteiger partial charge on any atom is 0.240 e. The van der Waals surface area contributed by atoms with Crippen molar-refractivity contribution in [2.45, 2.75) is 32.1 Å². The summed E-state index contributed by atoms with van der Waals surface area (Å²) in [6.07, 6.45) is 8.70. The quantitative estimate of drug-likeness (QED) is 0.680. The number of hydrogen-bond acceptors (Lipinski definition) is 4. The highest BCUT2D eigenvalue weighted by Gasteiger charge is 2.21. The number of carbonyl (C=O) groups is 1. The van der Waals surface area contributed by atoms with E-state index in [0.717, 1.165) is 29.8 Å². The molecule has 0 fully saturated rings. The molecule has 0 saturated heterocycles. The van der Waals surface area contributed by atoms with Crippen molar-refractivity contribution in [2.24, 2.45) is 0 Å². The molecule has 1 aromatic carbocycles. The van der Waals surface area contributed by atoms with E-state index in [1.54, 1.807) is 12.1 Å². The molecule has 0 bridgehead atoms. The van der Waals surface area contributed by atoms with E-state index in [0.29, 0.717) is 18.0 Å². The normalized spacial score (nSPS) is 14.5. The molecule has 1 N–H and O–H groups in total. The van der Waals surface area contributed by atoms with Gasteiger partial charge < -0.3 is 10.1 Å². The van der Waals surface area contributed by atoms with Crippen LogP contribution in [0, 0.1) is 0 Å². The fraction of sp³-hybridized carbons (Fsp3) is 0.500. The predicted octanol–water partition coefficient (Wildman–Crippen LogP) is 3.12. The Morgan fingerprint density at radius 1 is 1.35 bits per heavy atom. The summed E-state index contributed by atoms with van der Waals surface area (Å²) in [6.45, 7) is 0.214. The number of nitrogens with one attached hydrogen (secondary N) is 1. The van der Waals surface area contributed by atoms with Crippen molar-refractivity contribution in [2.75, 3.05) is 30.8 Å². The van der Waals surface area contributed by atoms with Crippen LogP contribution in [-0.4, -0.2) is 40.8 Å². The Hall–Kier alpha value is -1.73. The molecule has 1 amide bonds. The molecule has 0 atom stereocenters. The molecule has 0 spiro atoms. The van der Waals surface area contributed by atoms with Crippen molar-refractivity contribution in [3.8, 4) is 5.75 Å². The molecule has 8 heteroatoms. The van der Waals surface area contributed by atoms with Gasteiger partial charge in [0.15, 0.2) is 0 Å². The molecule has 0 aliphatic heterocycles. The van der Waals surface area contributed by atoms with E-state index in [9.17, 15) is 13.2 Å². The number of nitrogens with zero attached hydrogens (tertiary/aromatic N) is 1. The van der Waals surface area contributed by atoms with Crippen LogP contribution >= 0.6 is 11.6 Å². The molecule has 2 rings (SSSR count). The van der Waals surface area contributed by atoms with Gasteiger partial charge in [0.05, 0.1) is 24.1 Å². The Morgan fingerprint density at radius 3 is 2.69 bits per heavy atom. The highest BCUT2D eigenvalue weighted by Crippen LogP contribution is 2.30. The van der Waals surface area contributed by atoms with Gasteiger partial charge in [-0.05, 0) is 50.3 Å². The number of anilines is 1. The molecule has 6 nitrogen and oxygen atoms in total. The van der Waals surface area contributed by atoms with E-state index >= 15 is 0 Å². The summed E-state index contributed by atoms with van der Waals surface area (Å²) in [5.41, 5.74) is 1.68. The first-order valence-corrected chi connectivity index (χ1v) is 10.8. The van der Waals surface area contributed by atoms with Crippen LogP contribution in [0.2, 0.25) is 5.02 Å². The maximum atomic E-state index is 12.2. The van der Waals surface area contributed by atoms with Gasteiger partial charge in [-0.1, -0.05) is 23.3 Å². The molecule has 0 unspecified atom stereocenters. The van der Waals surface area contributed by atoms with Crippen LogP contribution in [0.15, 0.2) is 29.8 Å². The number of methoxy groups -OCH3 is 1. The molecule has 1 aliphatic rings. The van der Waals surface area contributed by atoms with Gasteiger partial charge in [-0.15, -0.1) is 0 Å². The standard InChI is InChI=1S/C18H25ClN2O4S/c1-25-17-9-8-15(12-16(17)19)21(26(2,23)24)13-18(22)20-11-10-14-6-4-3-5-7-14/h6,8-9,12H,3-5,7,10-11,13H2,1-2H3,(H,20,22). The number of amides is 1. The lowest BCUT2D eigenvalue weighted by molar-refractivity contribution is -0.119. The Labute approximate surface area is 160 Å². The topological polar surface area (TPSA) is 75.7 Å². The van der Waals surface area contributed by atoms with E-state index in [-0.39, 0.29) is 17.5 Å². The van der Waals surface area contributed by atoms with Gasteiger partial charge in [-0.25, -0.2) is 8.42 Å². The van der Waals surface area contributed by atoms with Gasteiger partial charge in [-0.2, -0.15) is 0 Å². The third-order valence-corrected chi connectivity index (χ3v) is 5.70. The summed E-state index contributed by atoms with van der Waals surface area (Å²) < 4.78 is 30.3. The number of hydrogen-bond donors (Lipinski definition) is 1. The molecule has 1 aromatic rings. The molecule has 26 heavy (non-hydrogen) atoms. The number of halogens is 1. The van der Waals surface area contributed by atoms with Gasteiger partial charge >= 0.3 is 0 Å². The SMILES string of the molecule is COc1ccc(N(CC(=O)NCCC2=CCCCC2)S(C)(=O)=O)cc1Cl. The van der Waals surface area contributed by atoms with E-state index in [1.807, 2.05) is 0 Å². The Bertz CT molecular complexity index is 777. The molecule has 1 aliphatic carbocycles. The number of ether oxygens (including phenoxy) is 1. The molecule has 144 valence electrons. The van der Waals surface area contributed by atoms with E-state index in [4.69, 9.17) is 16.3 Å². The van der Waals surface area contributed by atoms with Gasteiger partial charge in [-0.3, -0.25) is 9.10 Å². The Morgan fingerprint density at radius 2 is 2.12 bits per heavy atom. The van der Waals surface area contributed by atoms with E-state index < -0.39 is 10.0 Å². The number of rotatable bonds is 8. The van der Waals surface area contributed by atoms with Crippen LogP contribution in [0.25, 0.3) is 0 Å². The molecule has 0 saturated carbocycles. The first-order chi connectivity index (χ1) is 12.3. The van der Waals surface area contributed by atoms with E-state index in [1.165, 1.54) is 31.6 Å². The average Bonchev–Trinajstić information content (AvgIpc) is 2.59. The van der Waals surface area contributed by atoms with Crippen LogP contribution in [-0.2, 0) is 14.8 Å². The minimum atomic E-state index is -3.63. The maximum absolute atomic E-state index is 12.2.